The second kappa shape index (κ2) is 7.24. The summed E-state index contributed by atoms with van der Waals surface area (Å²) in [5.41, 5.74) is 13.9. The summed E-state index contributed by atoms with van der Waals surface area (Å²) in [7, 11) is 0. The first kappa shape index (κ1) is 17.6. The Labute approximate surface area is 125 Å². The molecule has 0 aromatic heterocycles. The van der Waals surface area contributed by atoms with E-state index in [1.807, 2.05) is 24.5 Å². The fourth-order valence-electron chi connectivity index (χ4n) is 1.90. The van der Waals surface area contributed by atoms with Crippen LogP contribution in [0.2, 0.25) is 0 Å². The molecule has 1 aliphatic carbocycles. The summed E-state index contributed by atoms with van der Waals surface area (Å²) < 4.78 is 0. The highest BCUT2D eigenvalue weighted by Crippen LogP contribution is 2.39. The molecule has 0 heterocycles. The van der Waals surface area contributed by atoms with E-state index in [-0.39, 0.29) is 30.4 Å². The lowest BCUT2D eigenvalue weighted by Crippen LogP contribution is -2.43. The topological polar surface area (TPSA) is 64.4 Å². The normalized spacial score (nSPS) is 17.1. The van der Waals surface area contributed by atoms with Gasteiger partial charge in [0.2, 0.25) is 0 Å². The Hall–Kier alpha value is -0.420. The Morgan fingerprint density at radius 3 is 2.50 bits per heavy atom. The number of nitrogens with two attached hydrogens (primary N) is 2. The summed E-state index contributed by atoms with van der Waals surface area (Å²) in [5.74, 6) is 0. The molecule has 2 rings (SSSR count). The third-order valence-corrected chi connectivity index (χ3v) is 3.62. The maximum atomic E-state index is 6.27. The lowest BCUT2D eigenvalue weighted by atomic mass is 9.73. The van der Waals surface area contributed by atoms with Crippen molar-refractivity contribution < 1.29 is 0 Å². The molecule has 1 fully saturated rings. The molecule has 4 N–H and O–H groups in total. The lowest BCUT2D eigenvalue weighted by molar-refractivity contribution is 0.253. The van der Waals surface area contributed by atoms with E-state index in [2.05, 4.69) is 11.1 Å². The highest BCUT2D eigenvalue weighted by atomic mass is 35.5. The molecule has 18 heavy (non-hydrogen) atoms. The zero-order valence-corrected chi connectivity index (χ0v) is 12.7. The van der Waals surface area contributed by atoms with Crippen LogP contribution in [-0.4, -0.2) is 11.4 Å². The molecule has 0 aliphatic heterocycles. The molecule has 0 radical (unpaired) electrons. The molecular formula is C12H19Cl2N3S. The molecule has 0 bridgehead atoms. The summed E-state index contributed by atoms with van der Waals surface area (Å²) >= 11 is 1.45. The first-order chi connectivity index (χ1) is 7.64. The Morgan fingerprint density at radius 1 is 1.33 bits per heavy atom. The Bertz CT molecular complexity index is 420. The smallest absolute Gasteiger partial charge is 0.158 e. The third kappa shape index (κ3) is 3.79. The van der Waals surface area contributed by atoms with Gasteiger partial charge in [-0.2, -0.15) is 0 Å². The molecule has 3 nitrogen and oxygen atoms in total. The van der Waals surface area contributed by atoms with Gasteiger partial charge in [-0.1, -0.05) is 23.9 Å². The molecule has 0 saturated heterocycles. The quantitative estimate of drug-likeness (QED) is 0.651. The number of thioether (sulfide) groups is 1. The van der Waals surface area contributed by atoms with Gasteiger partial charge in [-0.05, 0) is 43.2 Å². The number of hydrogen-bond acceptors (Lipinski definition) is 3. The Morgan fingerprint density at radius 2 is 2.00 bits per heavy atom. The molecule has 1 aromatic carbocycles. The molecule has 1 aliphatic rings. The number of benzene rings is 1. The van der Waals surface area contributed by atoms with Crippen molar-refractivity contribution >= 4 is 47.4 Å². The summed E-state index contributed by atoms with van der Waals surface area (Å²) in [6.45, 7) is 0. The van der Waals surface area contributed by atoms with Gasteiger partial charge in [0.1, 0.15) is 0 Å². The second-order valence-corrected chi connectivity index (χ2v) is 5.04. The fourth-order valence-corrected chi connectivity index (χ4v) is 2.10. The number of amidine groups is 1. The van der Waals surface area contributed by atoms with Crippen molar-refractivity contribution in [3.8, 4) is 0 Å². The van der Waals surface area contributed by atoms with E-state index in [1.54, 1.807) is 0 Å². The van der Waals surface area contributed by atoms with E-state index in [1.165, 1.54) is 23.7 Å². The molecule has 1 aromatic rings. The second-order valence-electron chi connectivity index (χ2n) is 4.21. The van der Waals surface area contributed by atoms with Gasteiger partial charge in [-0.3, -0.25) is 0 Å². The SMILES string of the molecule is CSC(N)=Nc1cccc(C2(N)CCC2)c1.Cl.Cl. The van der Waals surface area contributed by atoms with Gasteiger partial charge in [-0.15, -0.1) is 24.8 Å². The average Bonchev–Trinajstić information content (AvgIpc) is 2.26. The minimum atomic E-state index is -0.125. The molecular weight excluding hydrogens is 289 g/mol. The van der Waals surface area contributed by atoms with E-state index in [4.69, 9.17) is 11.5 Å². The van der Waals surface area contributed by atoms with Crippen LogP contribution in [0.15, 0.2) is 29.3 Å². The van der Waals surface area contributed by atoms with Gasteiger partial charge >= 0.3 is 0 Å². The van der Waals surface area contributed by atoms with Crippen molar-refractivity contribution in [2.75, 3.05) is 6.26 Å². The zero-order valence-electron chi connectivity index (χ0n) is 10.3. The third-order valence-electron chi connectivity index (χ3n) is 3.12. The molecule has 0 spiro atoms. The van der Waals surface area contributed by atoms with Crippen molar-refractivity contribution in [2.24, 2.45) is 16.5 Å². The van der Waals surface area contributed by atoms with Crippen molar-refractivity contribution in [1.82, 2.24) is 0 Å². The van der Waals surface area contributed by atoms with Crippen LogP contribution in [0, 0.1) is 0 Å². The largest absolute Gasteiger partial charge is 0.378 e. The minimum Gasteiger partial charge on any atom is -0.378 e. The molecule has 0 amide bonds. The van der Waals surface area contributed by atoms with Crippen LogP contribution in [0.25, 0.3) is 0 Å². The maximum Gasteiger partial charge on any atom is 0.158 e. The van der Waals surface area contributed by atoms with E-state index in [0.29, 0.717) is 5.17 Å². The summed E-state index contributed by atoms with van der Waals surface area (Å²) in [6.07, 6.45) is 5.27. The van der Waals surface area contributed by atoms with Gasteiger partial charge in [0.05, 0.1) is 5.69 Å². The van der Waals surface area contributed by atoms with E-state index in [9.17, 15) is 0 Å². The summed E-state index contributed by atoms with van der Waals surface area (Å²) in [4.78, 5) is 4.31. The number of hydrogen-bond donors (Lipinski definition) is 2. The lowest BCUT2D eigenvalue weighted by Gasteiger charge is -2.38. The van der Waals surface area contributed by atoms with Crippen molar-refractivity contribution in [2.45, 2.75) is 24.8 Å². The Balaban J connectivity index is 0.00000144. The molecule has 6 heteroatoms. The van der Waals surface area contributed by atoms with Crippen molar-refractivity contribution in [1.29, 1.82) is 0 Å². The van der Waals surface area contributed by atoms with E-state index in [0.717, 1.165) is 18.5 Å². The van der Waals surface area contributed by atoms with Crippen molar-refractivity contribution in [3.05, 3.63) is 29.8 Å². The van der Waals surface area contributed by atoms with E-state index >= 15 is 0 Å². The first-order valence-corrected chi connectivity index (χ1v) is 6.64. The highest BCUT2D eigenvalue weighted by Gasteiger charge is 2.34. The van der Waals surface area contributed by atoms with Crippen LogP contribution in [-0.2, 0) is 5.54 Å². The van der Waals surface area contributed by atoms with Gasteiger partial charge < -0.3 is 11.5 Å². The van der Waals surface area contributed by atoms with Crippen molar-refractivity contribution in [3.63, 3.8) is 0 Å². The van der Waals surface area contributed by atoms with E-state index < -0.39 is 0 Å². The molecule has 0 atom stereocenters. The standard InChI is InChI=1S/C12H17N3S.2ClH/c1-16-11(13)15-10-5-2-4-9(8-10)12(14)6-3-7-12;;/h2,4-5,8H,3,6-7,14H2,1H3,(H2,13,15);2*1H. The monoisotopic (exact) mass is 307 g/mol. The number of aliphatic imine (C=N–C) groups is 1. The van der Waals surface area contributed by atoms with Crippen LogP contribution >= 0.6 is 36.6 Å². The van der Waals surface area contributed by atoms with Crippen LogP contribution in [0.3, 0.4) is 0 Å². The predicted molar refractivity (Wildman–Crippen MR) is 85.5 cm³/mol. The molecule has 1 saturated carbocycles. The fraction of sp³-hybridized carbons (Fsp3) is 0.417. The van der Waals surface area contributed by atoms with Crippen LogP contribution in [0.1, 0.15) is 24.8 Å². The van der Waals surface area contributed by atoms with Gasteiger partial charge in [0.15, 0.2) is 5.17 Å². The number of halogens is 2. The highest BCUT2D eigenvalue weighted by molar-refractivity contribution is 8.13. The predicted octanol–water partition coefficient (Wildman–Crippen LogP) is 3.18. The summed E-state index contributed by atoms with van der Waals surface area (Å²) in [6, 6.07) is 8.07. The summed E-state index contributed by atoms with van der Waals surface area (Å²) in [5, 5.41) is 0.580. The molecule has 0 unspecified atom stereocenters. The van der Waals surface area contributed by atoms with Gasteiger partial charge in [0.25, 0.3) is 0 Å². The van der Waals surface area contributed by atoms with Gasteiger partial charge in [0, 0.05) is 5.54 Å². The maximum absolute atomic E-state index is 6.27. The zero-order chi connectivity index (χ0) is 11.6. The Kier molecular flexibility index (Phi) is 7.07. The minimum absolute atomic E-state index is 0. The first-order valence-electron chi connectivity index (χ1n) is 5.42. The van der Waals surface area contributed by atoms with Gasteiger partial charge in [-0.25, -0.2) is 4.99 Å². The van der Waals surface area contributed by atoms with Crippen LogP contribution in [0.5, 0.6) is 0 Å². The number of nitrogens with zero attached hydrogens (tertiary/aromatic N) is 1. The average molecular weight is 308 g/mol. The molecule has 102 valence electrons. The number of rotatable bonds is 2. The van der Waals surface area contributed by atoms with Crippen LogP contribution in [0.4, 0.5) is 5.69 Å². The van der Waals surface area contributed by atoms with Crippen LogP contribution < -0.4 is 11.5 Å².